The van der Waals surface area contributed by atoms with Crippen LogP contribution in [0.5, 0.6) is 0 Å². The topological polar surface area (TPSA) is 77.0 Å². The van der Waals surface area contributed by atoms with Crippen LogP contribution in [0.25, 0.3) is 0 Å². The maximum absolute atomic E-state index is 13.5. The van der Waals surface area contributed by atoms with Gasteiger partial charge in [0.1, 0.15) is 0 Å². The van der Waals surface area contributed by atoms with E-state index in [0.29, 0.717) is 17.1 Å². The Morgan fingerprint density at radius 3 is 2.32 bits per heavy atom. The Bertz CT molecular complexity index is 1010. The number of carbonyl (C=O) groups excluding carboxylic acids is 2. The van der Waals surface area contributed by atoms with Crippen molar-refractivity contribution in [3.8, 4) is 0 Å². The quantitative estimate of drug-likeness (QED) is 0.632. The van der Waals surface area contributed by atoms with E-state index in [0.717, 1.165) is 29.2 Å². The summed E-state index contributed by atoms with van der Waals surface area (Å²) in [7, 11) is 7.86. The molecule has 0 bridgehead atoms. The average molecular weight is 443 g/mol. The van der Waals surface area contributed by atoms with Crippen LogP contribution in [0.1, 0.15) is 38.4 Å². The Labute approximate surface area is 187 Å². The van der Waals surface area contributed by atoms with Crippen LogP contribution < -0.4 is 4.90 Å². The van der Waals surface area contributed by atoms with Crippen LogP contribution in [0.3, 0.4) is 0 Å². The number of thiazole rings is 1. The number of ketones is 1. The van der Waals surface area contributed by atoms with E-state index in [1.807, 2.05) is 69.2 Å². The third-order valence-electron chi connectivity index (χ3n) is 5.39. The molecule has 0 aliphatic carbocycles. The van der Waals surface area contributed by atoms with E-state index in [2.05, 4.69) is 4.98 Å². The first-order valence-electron chi connectivity index (χ1n) is 10.3. The summed E-state index contributed by atoms with van der Waals surface area (Å²) in [5, 5.41) is 11.6. The second-order valence-electron chi connectivity index (χ2n) is 8.28. The van der Waals surface area contributed by atoms with Crippen molar-refractivity contribution in [2.45, 2.75) is 26.3 Å². The summed E-state index contributed by atoms with van der Waals surface area (Å²) in [6.07, 6.45) is 0.735. The van der Waals surface area contributed by atoms with Crippen molar-refractivity contribution < 1.29 is 14.7 Å². The van der Waals surface area contributed by atoms with Crippen molar-refractivity contribution in [3.05, 3.63) is 56.7 Å². The number of aliphatic hydroxyl groups excluding tert-OH is 1. The molecule has 3 rings (SSSR count). The lowest BCUT2D eigenvalue weighted by Crippen LogP contribution is -2.33. The van der Waals surface area contributed by atoms with E-state index in [1.54, 1.807) is 11.8 Å². The maximum atomic E-state index is 13.5. The van der Waals surface area contributed by atoms with Crippen molar-refractivity contribution >= 4 is 28.7 Å². The summed E-state index contributed by atoms with van der Waals surface area (Å²) < 4.78 is 0. The van der Waals surface area contributed by atoms with E-state index in [9.17, 15) is 14.7 Å². The fourth-order valence-electron chi connectivity index (χ4n) is 3.84. The highest BCUT2D eigenvalue weighted by molar-refractivity contribution is 7.14. The second kappa shape index (κ2) is 9.20. The van der Waals surface area contributed by atoms with Gasteiger partial charge in [-0.05, 0) is 58.6 Å². The average Bonchev–Trinajstić information content (AvgIpc) is 3.17. The molecule has 31 heavy (non-hydrogen) atoms. The molecule has 0 saturated carbocycles. The van der Waals surface area contributed by atoms with Gasteiger partial charge in [-0.3, -0.25) is 9.59 Å². The molecule has 1 unspecified atom stereocenters. The van der Waals surface area contributed by atoms with Gasteiger partial charge < -0.3 is 19.8 Å². The highest BCUT2D eigenvalue weighted by Gasteiger charge is 2.44. The number of aromatic nitrogens is 1. The summed E-state index contributed by atoms with van der Waals surface area (Å²) in [5.74, 6) is -1.28. The van der Waals surface area contributed by atoms with Crippen LogP contribution in [0.4, 0.5) is 5.69 Å². The van der Waals surface area contributed by atoms with Gasteiger partial charge in [0, 0.05) is 26.3 Å². The molecule has 1 aliphatic heterocycles. The van der Waals surface area contributed by atoms with Gasteiger partial charge in [0.15, 0.2) is 5.76 Å². The van der Waals surface area contributed by atoms with Crippen molar-refractivity contribution in [1.82, 2.24) is 14.8 Å². The Morgan fingerprint density at radius 2 is 1.81 bits per heavy atom. The molecule has 0 spiro atoms. The van der Waals surface area contributed by atoms with E-state index in [1.165, 1.54) is 11.3 Å². The summed E-state index contributed by atoms with van der Waals surface area (Å²) in [6.45, 7) is 4.86. The number of aliphatic hydroxyl groups is 1. The van der Waals surface area contributed by atoms with Crippen molar-refractivity contribution in [1.29, 1.82) is 0 Å². The van der Waals surface area contributed by atoms with Gasteiger partial charge in [0.05, 0.1) is 27.2 Å². The van der Waals surface area contributed by atoms with E-state index >= 15 is 0 Å². The molecule has 7 nitrogen and oxygen atoms in total. The van der Waals surface area contributed by atoms with Crippen molar-refractivity contribution in [3.63, 3.8) is 0 Å². The summed E-state index contributed by atoms with van der Waals surface area (Å²) >= 11 is 1.29. The smallest absolute Gasteiger partial charge is 0.290 e. The summed E-state index contributed by atoms with van der Waals surface area (Å²) in [5.41, 5.74) is 2.57. The number of carbonyl (C=O) groups is 2. The predicted molar refractivity (Wildman–Crippen MR) is 124 cm³/mol. The minimum absolute atomic E-state index is 0.138. The van der Waals surface area contributed by atoms with Crippen LogP contribution in [-0.2, 0) is 4.79 Å². The first-order chi connectivity index (χ1) is 14.6. The number of benzene rings is 1. The van der Waals surface area contributed by atoms with Gasteiger partial charge in [0.2, 0.25) is 5.78 Å². The monoisotopic (exact) mass is 442 g/mol. The minimum atomic E-state index is -0.625. The van der Waals surface area contributed by atoms with Crippen molar-refractivity contribution in [2.24, 2.45) is 0 Å². The molecule has 2 aromatic rings. The van der Waals surface area contributed by atoms with Crippen LogP contribution >= 0.6 is 11.3 Å². The van der Waals surface area contributed by atoms with E-state index in [-0.39, 0.29) is 11.4 Å². The Hall–Kier alpha value is -2.71. The summed E-state index contributed by atoms with van der Waals surface area (Å²) in [4.78, 5) is 37.0. The first-order valence-corrected chi connectivity index (χ1v) is 11.1. The number of hydrogen-bond donors (Lipinski definition) is 1. The second-order valence-corrected chi connectivity index (χ2v) is 9.49. The zero-order valence-corrected chi connectivity index (χ0v) is 19.8. The Balaban J connectivity index is 2.04. The molecular formula is C23H30N4O3S. The van der Waals surface area contributed by atoms with Gasteiger partial charge >= 0.3 is 0 Å². The van der Waals surface area contributed by atoms with Gasteiger partial charge in [-0.2, -0.15) is 0 Å². The molecule has 1 amide bonds. The number of rotatable bonds is 8. The highest BCUT2D eigenvalue weighted by atomic mass is 32.1. The molecule has 0 saturated heterocycles. The number of Topliss-reactive ketones (excluding diaryl/α,β-unsaturated/α-hetero) is 1. The standard InChI is InChI=1S/C23H30N4O3S/c1-14-22(31-15(2)24-14)20(28)18-19(16-8-10-17(11-9-16)26(5)6)27(23(30)21(18)29)13-7-12-25(3)4/h8-11,19,29H,7,12-13H2,1-6H3. The molecule has 1 aromatic carbocycles. The molecule has 1 aromatic heterocycles. The fraction of sp³-hybridized carbons (Fsp3) is 0.435. The number of amides is 1. The highest BCUT2D eigenvalue weighted by Crippen LogP contribution is 2.40. The molecule has 2 heterocycles. The molecule has 0 fully saturated rings. The molecule has 0 radical (unpaired) electrons. The first kappa shape index (κ1) is 23.0. The van der Waals surface area contributed by atoms with Gasteiger partial charge in [-0.15, -0.1) is 11.3 Å². The van der Waals surface area contributed by atoms with Gasteiger partial charge in [-0.1, -0.05) is 12.1 Å². The normalized spacial score (nSPS) is 16.5. The summed E-state index contributed by atoms with van der Waals surface area (Å²) in [6, 6.07) is 7.13. The zero-order valence-electron chi connectivity index (χ0n) is 19.0. The maximum Gasteiger partial charge on any atom is 0.290 e. The fourth-order valence-corrected chi connectivity index (χ4v) is 4.71. The molecule has 8 heteroatoms. The number of aryl methyl sites for hydroxylation is 2. The number of nitrogens with zero attached hydrogens (tertiary/aromatic N) is 4. The van der Waals surface area contributed by atoms with Crippen LogP contribution in [0.15, 0.2) is 35.6 Å². The van der Waals surface area contributed by atoms with E-state index in [4.69, 9.17) is 0 Å². The van der Waals surface area contributed by atoms with Crippen LogP contribution in [0.2, 0.25) is 0 Å². The molecular weight excluding hydrogens is 412 g/mol. The number of hydrogen-bond acceptors (Lipinski definition) is 7. The molecule has 166 valence electrons. The van der Waals surface area contributed by atoms with Crippen LogP contribution in [0, 0.1) is 13.8 Å². The largest absolute Gasteiger partial charge is 0.503 e. The minimum Gasteiger partial charge on any atom is -0.503 e. The van der Waals surface area contributed by atoms with Crippen molar-refractivity contribution in [2.75, 3.05) is 46.2 Å². The third-order valence-corrected chi connectivity index (χ3v) is 6.46. The molecule has 1 aliphatic rings. The van der Waals surface area contributed by atoms with Gasteiger partial charge in [0.25, 0.3) is 5.91 Å². The Kier molecular flexibility index (Phi) is 6.81. The van der Waals surface area contributed by atoms with E-state index < -0.39 is 17.7 Å². The SMILES string of the molecule is Cc1nc(C)c(C(=O)C2=C(O)C(=O)N(CCCN(C)C)C2c2ccc(N(C)C)cc2)s1. The van der Waals surface area contributed by atoms with Crippen LogP contribution in [-0.4, -0.2) is 72.9 Å². The Morgan fingerprint density at radius 1 is 1.16 bits per heavy atom. The third kappa shape index (κ3) is 4.65. The zero-order chi connectivity index (χ0) is 22.9. The lowest BCUT2D eigenvalue weighted by atomic mass is 9.94. The predicted octanol–water partition coefficient (Wildman–Crippen LogP) is 3.36. The lowest BCUT2D eigenvalue weighted by Gasteiger charge is -2.27. The molecule has 1 N–H and O–H groups in total. The number of anilines is 1. The lowest BCUT2D eigenvalue weighted by molar-refractivity contribution is -0.129. The van der Waals surface area contributed by atoms with Gasteiger partial charge in [-0.25, -0.2) is 4.98 Å². The molecule has 1 atom stereocenters.